The third-order valence-corrected chi connectivity index (χ3v) is 9.17. The average Bonchev–Trinajstić information content (AvgIpc) is 3.40. The van der Waals surface area contributed by atoms with Gasteiger partial charge in [0, 0.05) is 20.2 Å². The summed E-state index contributed by atoms with van der Waals surface area (Å²) in [6.45, 7) is 0. The van der Waals surface area contributed by atoms with E-state index in [2.05, 4.69) is 146 Å². The first kappa shape index (κ1) is 22.3. The van der Waals surface area contributed by atoms with Crippen molar-refractivity contribution in [2.24, 2.45) is 0 Å². The smallest absolute Gasteiger partial charge is 0.0434 e. The third kappa shape index (κ3) is 3.59. The van der Waals surface area contributed by atoms with Gasteiger partial charge in [0.25, 0.3) is 0 Å². The second kappa shape index (κ2) is 8.94. The van der Waals surface area contributed by atoms with Crippen molar-refractivity contribution >= 4 is 53.1 Å². The number of hydrogen-bond acceptors (Lipinski definition) is 1. The van der Waals surface area contributed by atoms with Crippen LogP contribution in [0.4, 0.5) is 0 Å². The molecule has 0 saturated carbocycles. The predicted molar refractivity (Wildman–Crippen MR) is 171 cm³/mol. The van der Waals surface area contributed by atoms with Gasteiger partial charge in [-0.25, -0.2) is 0 Å². The van der Waals surface area contributed by atoms with Crippen LogP contribution in [0, 0.1) is 0 Å². The Hall–Kier alpha value is -4.72. The molecule has 0 nitrogen and oxygen atoms in total. The van der Waals surface area contributed by atoms with Crippen LogP contribution in [0.3, 0.4) is 0 Å². The van der Waals surface area contributed by atoms with E-state index in [4.69, 9.17) is 0 Å². The summed E-state index contributed by atoms with van der Waals surface area (Å²) in [6.07, 6.45) is 0. The maximum atomic E-state index is 2.34. The van der Waals surface area contributed by atoms with Gasteiger partial charge in [-0.15, -0.1) is 11.3 Å². The number of fused-ring (bicyclic) bond motifs is 6. The van der Waals surface area contributed by atoms with Crippen LogP contribution in [0.15, 0.2) is 146 Å². The van der Waals surface area contributed by atoms with Crippen molar-refractivity contribution in [1.29, 1.82) is 0 Å². The first-order valence-corrected chi connectivity index (χ1v) is 14.2. The van der Waals surface area contributed by atoms with Crippen LogP contribution in [0.1, 0.15) is 0 Å². The summed E-state index contributed by atoms with van der Waals surface area (Å²) in [6, 6.07) is 53.1. The molecule has 0 amide bonds. The predicted octanol–water partition coefficient (Wildman–Crippen LogP) is 11.4. The zero-order chi connectivity index (χ0) is 25.8. The summed E-state index contributed by atoms with van der Waals surface area (Å²) in [5.41, 5.74) is 7.64. The van der Waals surface area contributed by atoms with E-state index in [1.165, 1.54) is 75.1 Å². The fourth-order valence-corrected chi connectivity index (χ4v) is 7.39. The van der Waals surface area contributed by atoms with Gasteiger partial charge < -0.3 is 0 Å². The van der Waals surface area contributed by atoms with E-state index in [-0.39, 0.29) is 0 Å². The van der Waals surface area contributed by atoms with E-state index in [9.17, 15) is 0 Å². The Morgan fingerprint density at radius 2 is 0.795 bits per heavy atom. The van der Waals surface area contributed by atoms with E-state index in [0.29, 0.717) is 0 Å². The lowest BCUT2D eigenvalue weighted by Crippen LogP contribution is -1.85. The molecule has 8 aromatic rings. The monoisotopic (exact) mass is 512 g/mol. The Bertz CT molecular complexity index is 2150. The van der Waals surface area contributed by atoms with Crippen molar-refractivity contribution in [2.75, 3.05) is 0 Å². The van der Waals surface area contributed by atoms with E-state index in [1.807, 2.05) is 11.3 Å². The Kier molecular flexibility index (Phi) is 5.11. The van der Waals surface area contributed by atoms with Crippen LogP contribution in [0.25, 0.3) is 75.1 Å². The zero-order valence-electron chi connectivity index (χ0n) is 21.3. The molecule has 0 fully saturated rings. The normalized spacial score (nSPS) is 11.6. The van der Waals surface area contributed by atoms with E-state index in [1.54, 1.807) is 0 Å². The van der Waals surface area contributed by atoms with Crippen molar-refractivity contribution in [3.8, 4) is 33.4 Å². The van der Waals surface area contributed by atoms with Gasteiger partial charge >= 0.3 is 0 Å². The molecule has 0 atom stereocenters. The molecule has 0 aliphatic carbocycles. The lowest BCUT2D eigenvalue weighted by Gasteiger charge is -2.12. The van der Waals surface area contributed by atoms with Gasteiger partial charge in [0.2, 0.25) is 0 Å². The fourth-order valence-electron chi connectivity index (χ4n) is 6.01. The van der Waals surface area contributed by atoms with Crippen LogP contribution in [-0.2, 0) is 0 Å². The number of rotatable bonds is 3. The molecular weight excluding hydrogens is 488 g/mol. The van der Waals surface area contributed by atoms with Crippen LogP contribution in [0.2, 0.25) is 0 Å². The highest BCUT2D eigenvalue weighted by Crippen LogP contribution is 2.44. The fraction of sp³-hybridized carbons (Fsp3) is 0. The highest BCUT2D eigenvalue weighted by atomic mass is 32.1. The molecule has 0 saturated heterocycles. The minimum atomic E-state index is 1.25. The van der Waals surface area contributed by atoms with Crippen LogP contribution < -0.4 is 0 Å². The zero-order valence-corrected chi connectivity index (χ0v) is 22.1. The molecule has 0 bridgehead atoms. The molecular formula is C38H24S. The Labute approximate surface area is 231 Å². The van der Waals surface area contributed by atoms with Gasteiger partial charge in [0.05, 0.1) is 0 Å². The lowest BCUT2D eigenvalue weighted by atomic mass is 9.92. The summed E-state index contributed by atoms with van der Waals surface area (Å²) in [5.74, 6) is 0. The molecule has 7 aromatic carbocycles. The molecule has 0 N–H and O–H groups in total. The second-order valence-electron chi connectivity index (χ2n) is 10.1. The first-order chi connectivity index (χ1) is 19.3. The first-order valence-electron chi connectivity index (χ1n) is 13.4. The van der Waals surface area contributed by atoms with E-state index >= 15 is 0 Å². The van der Waals surface area contributed by atoms with Crippen molar-refractivity contribution in [2.45, 2.75) is 0 Å². The van der Waals surface area contributed by atoms with Gasteiger partial charge in [-0.05, 0) is 61.0 Å². The maximum Gasteiger partial charge on any atom is 0.0434 e. The molecule has 1 aromatic heterocycles. The molecule has 0 aliphatic heterocycles. The maximum absolute atomic E-state index is 2.34. The SMILES string of the molecule is c1ccc(-c2cccc3c2sc2c(-c4ccc(-c5cc6ccccc6c6ccccc56)cc4)cccc23)cc1. The summed E-state index contributed by atoms with van der Waals surface area (Å²) >= 11 is 1.91. The summed E-state index contributed by atoms with van der Waals surface area (Å²) in [4.78, 5) is 0. The van der Waals surface area contributed by atoms with Crippen molar-refractivity contribution in [3.63, 3.8) is 0 Å². The van der Waals surface area contributed by atoms with Crippen LogP contribution in [0.5, 0.6) is 0 Å². The highest BCUT2D eigenvalue weighted by Gasteiger charge is 2.14. The van der Waals surface area contributed by atoms with E-state index in [0.717, 1.165) is 0 Å². The van der Waals surface area contributed by atoms with Crippen molar-refractivity contribution in [3.05, 3.63) is 146 Å². The summed E-state index contributed by atoms with van der Waals surface area (Å²) in [7, 11) is 0. The van der Waals surface area contributed by atoms with Gasteiger partial charge in [0.1, 0.15) is 0 Å². The van der Waals surface area contributed by atoms with Gasteiger partial charge in [-0.1, -0.05) is 140 Å². The standard InChI is InChI=1S/C38H24S/c1-2-10-25(11-3-1)30-16-8-18-34-35-19-9-17-31(38(35)39-37(30)34)26-20-22-27(23-21-26)36-24-28-12-4-5-13-29(28)32-14-6-7-15-33(32)36/h1-24H. The molecule has 0 aliphatic rings. The minimum Gasteiger partial charge on any atom is -0.134 e. The second-order valence-corrected chi connectivity index (χ2v) is 11.1. The van der Waals surface area contributed by atoms with Crippen LogP contribution in [-0.4, -0.2) is 0 Å². The van der Waals surface area contributed by atoms with Gasteiger partial charge in [-0.2, -0.15) is 0 Å². The number of hydrogen-bond donors (Lipinski definition) is 0. The largest absolute Gasteiger partial charge is 0.134 e. The van der Waals surface area contributed by atoms with Crippen molar-refractivity contribution < 1.29 is 0 Å². The van der Waals surface area contributed by atoms with Gasteiger partial charge in [0.15, 0.2) is 0 Å². The molecule has 1 heterocycles. The highest BCUT2D eigenvalue weighted by molar-refractivity contribution is 7.26. The van der Waals surface area contributed by atoms with E-state index < -0.39 is 0 Å². The molecule has 0 spiro atoms. The minimum absolute atomic E-state index is 1.25. The quantitative estimate of drug-likeness (QED) is 0.207. The van der Waals surface area contributed by atoms with Crippen molar-refractivity contribution in [1.82, 2.24) is 0 Å². The molecule has 0 radical (unpaired) electrons. The number of thiophene rings is 1. The summed E-state index contributed by atoms with van der Waals surface area (Å²) in [5, 5.41) is 7.84. The molecule has 0 unspecified atom stereocenters. The third-order valence-electron chi connectivity index (χ3n) is 7.88. The van der Waals surface area contributed by atoms with Gasteiger partial charge in [-0.3, -0.25) is 0 Å². The lowest BCUT2D eigenvalue weighted by molar-refractivity contribution is 1.64. The Balaban J connectivity index is 1.28. The Morgan fingerprint density at radius 1 is 0.308 bits per heavy atom. The topological polar surface area (TPSA) is 0 Å². The molecule has 39 heavy (non-hydrogen) atoms. The summed E-state index contributed by atoms with van der Waals surface area (Å²) < 4.78 is 2.70. The Morgan fingerprint density at radius 3 is 1.46 bits per heavy atom. The molecule has 182 valence electrons. The number of benzene rings is 7. The average molecular weight is 513 g/mol. The molecule has 1 heteroatoms. The molecule has 8 rings (SSSR count). The van der Waals surface area contributed by atoms with Crippen LogP contribution >= 0.6 is 11.3 Å².